The van der Waals surface area contributed by atoms with Crippen LogP contribution >= 0.6 is 0 Å². The molecule has 0 aromatic heterocycles. The summed E-state index contributed by atoms with van der Waals surface area (Å²) in [5.41, 5.74) is 1.27. The van der Waals surface area contributed by atoms with Crippen molar-refractivity contribution in [1.29, 1.82) is 0 Å². The number of aromatic hydroxyl groups is 4. The van der Waals surface area contributed by atoms with Gasteiger partial charge in [-0.15, -0.1) is 0 Å². The lowest BCUT2D eigenvalue weighted by Gasteiger charge is -2.15. The third-order valence-electron chi connectivity index (χ3n) is 3.98. The fourth-order valence-corrected chi connectivity index (χ4v) is 2.40. The molecule has 0 spiro atoms. The van der Waals surface area contributed by atoms with Gasteiger partial charge in [-0.1, -0.05) is 17.7 Å². The van der Waals surface area contributed by atoms with E-state index in [0.717, 1.165) is 5.57 Å². The maximum Gasteiger partial charge on any atom is 0.338 e. The molecule has 6 nitrogen and oxygen atoms in total. The van der Waals surface area contributed by atoms with Gasteiger partial charge in [-0.25, -0.2) is 4.79 Å². The van der Waals surface area contributed by atoms with Crippen LogP contribution in [0.2, 0.25) is 0 Å². The van der Waals surface area contributed by atoms with E-state index >= 15 is 0 Å². The molecule has 0 aliphatic carbocycles. The number of rotatable bonds is 4. The molecule has 142 valence electrons. The molecule has 0 saturated heterocycles. The molecule has 2 aromatic rings. The van der Waals surface area contributed by atoms with Crippen LogP contribution in [0.4, 0.5) is 0 Å². The average molecular weight is 370 g/mol. The van der Waals surface area contributed by atoms with Gasteiger partial charge in [0.2, 0.25) is 0 Å². The quantitative estimate of drug-likeness (QED) is 0.208. The molecule has 2 rings (SSSR count). The second-order valence-corrected chi connectivity index (χ2v) is 6.28. The van der Waals surface area contributed by atoms with Crippen molar-refractivity contribution in [3.8, 4) is 23.0 Å². The summed E-state index contributed by atoms with van der Waals surface area (Å²) < 4.78 is 5.39. The number of fused-ring (bicyclic) bond motifs is 1. The first-order valence-corrected chi connectivity index (χ1v) is 8.27. The lowest BCUT2D eigenvalue weighted by molar-refractivity contribution is -0.132. The van der Waals surface area contributed by atoms with Gasteiger partial charge in [0.1, 0.15) is 28.8 Å². The molecular formula is C21H22O6. The number of phenols is 4. The molecule has 0 saturated carbocycles. The molecule has 0 unspecified atom stereocenters. The Morgan fingerprint density at radius 2 is 1.52 bits per heavy atom. The summed E-state index contributed by atoms with van der Waals surface area (Å²) in [5, 5.41) is 40.8. The minimum absolute atomic E-state index is 0.00402. The SMILES string of the molecule is CC=C(C)C(=O)OC(=CC=C(C)C)c1cc(O)c2c(O)ccc(O)c2c1O. The maximum atomic E-state index is 12.2. The zero-order valence-electron chi connectivity index (χ0n) is 15.6. The topological polar surface area (TPSA) is 107 Å². The second-order valence-electron chi connectivity index (χ2n) is 6.28. The molecule has 4 N–H and O–H groups in total. The highest BCUT2D eigenvalue weighted by Crippen LogP contribution is 2.46. The molecule has 6 heteroatoms. The van der Waals surface area contributed by atoms with Crippen LogP contribution < -0.4 is 0 Å². The van der Waals surface area contributed by atoms with Crippen molar-refractivity contribution < 1.29 is 30.0 Å². The van der Waals surface area contributed by atoms with Gasteiger partial charge in [0.25, 0.3) is 0 Å². The number of allylic oxidation sites excluding steroid dienone is 4. The van der Waals surface area contributed by atoms with Crippen LogP contribution in [0, 0.1) is 0 Å². The van der Waals surface area contributed by atoms with Crippen LogP contribution in [0.25, 0.3) is 16.5 Å². The van der Waals surface area contributed by atoms with Crippen molar-refractivity contribution in [2.45, 2.75) is 27.7 Å². The third kappa shape index (κ3) is 4.06. The molecule has 0 radical (unpaired) electrons. The Hall–Kier alpha value is -3.41. The van der Waals surface area contributed by atoms with Gasteiger partial charge >= 0.3 is 5.97 Å². The Balaban J connectivity index is 2.76. The first kappa shape index (κ1) is 19.9. The molecule has 0 heterocycles. The monoisotopic (exact) mass is 370 g/mol. The van der Waals surface area contributed by atoms with Gasteiger partial charge in [-0.2, -0.15) is 0 Å². The van der Waals surface area contributed by atoms with Crippen molar-refractivity contribution in [1.82, 2.24) is 0 Å². The van der Waals surface area contributed by atoms with Gasteiger partial charge in [-0.3, -0.25) is 0 Å². The van der Waals surface area contributed by atoms with Gasteiger partial charge < -0.3 is 25.2 Å². The second kappa shape index (κ2) is 7.86. The molecule has 2 aromatic carbocycles. The highest BCUT2D eigenvalue weighted by molar-refractivity contribution is 6.04. The zero-order valence-corrected chi connectivity index (χ0v) is 15.6. The molecule has 0 aliphatic rings. The standard InChI is InChI=1S/C21H22O6/c1-5-12(4)21(26)27-17(9-6-11(2)3)13-10-16(24)18-14(22)7-8-15(23)19(18)20(13)25/h5-10,22-25H,1-4H3. The third-order valence-corrected chi connectivity index (χ3v) is 3.98. The maximum absolute atomic E-state index is 12.2. The Morgan fingerprint density at radius 1 is 0.926 bits per heavy atom. The fourth-order valence-electron chi connectivity index (χ4n) is 2.40. The number of carbonyl (C=O) groups excluding carboxylic acids is 1. The molecule has 0 amide bonds. The predicted molar refractivity (Wildman–Crippen MR) is 104 cm³/mol. The van der Waals surface area contributed by atoms with Crippen LogP contribution in [-0.4, -0.2) is 26.4 Å². The highest BCUT2D eigenvalue weighted by atomic mass is 16.5. The van der Waals surface area contributed by atoms with Crippen LogP contribution in [0.1, 0.15) is 33.3 Å². The Morgan fingerprint density at radius 3 is 2.07 bits per heavy atom. The van der Waals surface area contributed by atoms with Crippen LogP contribution in [0.5, 0.6) is 23.0 Å². The molecule has 27 heavy (non-hydrogen) atoms. The molecule has 0 aliphatic heterocycles. The van der Waals surface area contributed by atoms with E-state index in [1.165, 1.54) is 24.3 Å². The summed E-state index contributed by atoms with van der Waals surface area (Å²) in [5.74, 6) is -2.10. The first-order chi connectivity index (χ1) is 12.7. The summed E-state index contributed by atoms with van der Waals surface area (Å²) in [6, 6.07) is 3.56. The molecule has 0 fully saturated rings. The van der Waals surface area contributed by atoms with Crippen LogP contribution in [-0.2, 0) is 9.53 Å². The minimum Gasteiger partial charge on any atom is -0.507 e. The van der Waals surface area contributed by atoms with Gasteiger partial charge in [-0.05, 0) is 52.0 Å². The number of carbonyl (C=O) groups is 1. The molecule has 0 bridgehead atoms. The fraction of sp³-hybridized carbons (Fsp3) is 0.190. The van der Waals surface area contributed by atoms with Gasteiger partial charge in [0, 0.05) is 5.57 Å². The van der Waals surface area contributed by atoms with E-state index in [4.69, 9.17) is 4.74 Å². The van der Waals surface area contributed by atoms with E-state index < -0.39 is 11.7 Å². The number of esters is 1. The summed E-state index contributed by atoms with van der Waals surface area (Å²) >= 11 is 0. The summed E-state index contributed by atoms with van der Waals surface area (Å²) in [7, 11) is 0. The van der Waals surface area contributed by atoms with E-state index in [-0.39, 0.29) is 39.3 Å². The van der Waals surface area contributed by atoms with Gasteiger partial charge in [0.15, 0.2) is 0 Å². The van der Waals surface area contributed by atoms with E-state index in [2.05, 4.69) is 0 Å². The lowest BCUT2D eigenvalue weighted by atomic mass is 10.0. The Labute approximate surface area is 157 Å². The zero-order chi connectivity index (χ0) is 20.3. The van der Waals surface area contributed by atoms with Crippen molar-refractivity contribution in [3.05, 3.63) is 53.1 Å². The van der Waals surface area contributed by atoms with Gasteiger partial charge in [0.05, 0.1) is 16.3 Å². The van der Waals surface area contributed by atoms with Crippen LogP contribution in [0.3, 0.4) is 0 Å². The number of hydrogen-bond donors (Lipinski definition) is 4. The normalized spacial score (nSPS) is 12.1. The smallest absolute Gasteiger partial charge is 0.338 e. The van der Waals surface area contributed by atoms with E-state index in [9.17, 15) is 25.2 Å². The number of phenolic OH excluding ortho intramolecular Hbond substituents is 4. The highest BCUT2D eigenvalue weighted by Gasteiger charge is 2.22. The van der Waals surface area contributed by atoms with Crippen molar-refractivity contribution in [3.63, 3.8) is 0 Å². The first-order valence-electron chi connectivity index (χ1n) is 8.27. The average Bonchev–Trinajstić information content (AvgIpc) is 2.62. The Kier molecular flexibility index (Phi) is 5.80. The molecule has 0 atom stereocenters. The Bertz CT molecular complexity index is 992. The largest absolute Gasteiger partial charge is 0.507 e. The predicted octanol–water partition coefficient (Wildman–Crippen LogP) is 4.48. The summed E-state index contributed by atoms with van der Waals surface area (Å²) in [6.45, 7) is 6.96. The number of benzene rings is 2. The van der Waals surface area contributed by atoms with Crippen LogP contribution in [0.15, 0.2) is 47.6 Å². The van der Waals surface area contributed by atoms with E-state index in [1.54, 1.807) is 26.0 Å². The van der Waals surface area contributed by atoms with Crippen molar-refractivity contribution in [2.75, 3.05) is 0 Å². The van der Waals surface area contributed by atoms with Crippen molar-refractivity contribution in [2.24, 2.45) is 0 Å². The number of ether oxygens (including phenoxy) is 1. The van der Waals surface area contributed by atoms with E-state index in [1.807, 2.05) is 13.8 Å². The molecular weight excluding hydrogens is 348 g/mol. The summed E-state index contributed by atoms with van der Waals surface area (Å²) in [6.07, 6.45) is 4.75. The van der Waals surface area contributed by atoms with Crippen molar-refractivity contribution >= 4 is 22.5 Å². The number of hydrogen-bond acceptors (Lipinski definition) is 6. The lowest BCUT2D eigenvalue weighted by Crippen LogP contribution is -2.05. The van der Waals surface area contributed by atoms with E-state index in [0.29, 0.717) is 5.57 Å². The minimum atomic E-state index is -0.620. The summed E-state index contributed by atoms with van der Waals surface area (Å²) in [4.78, 5) is 12.2.